The molecule has 39 heavy (non-hydrogen) atoms. The molecule has 0 heterocycles. The number of ketones is 9. The number of carbonyl (C=O) groups is 9. The van der Waals surface area contributed by atoms with E-state index in [1.807, 2.05) is 0 Å². The van der Waals surface area contributed by atoms with Gasteiger partial charge in [0.1, 0.15) is 5.92 Å². The lowest BCUT2D eigenvalue weighted by atomic mass is 9.71. The summed E-state index contributed by atoms with van der Waals surface area (Å²) in [5.41, 5.74) is -2.49. The van der Waals surface area contributed by atoms with Crippen molar-refractivity contribution in [3.05, 3.63) is 114 Å². The van der Waals surface area contributed by atoms with Crippen molar-refractivity contribution in [2.45, 2.75) is 6.42 Å². The van der Waals surface area contributed by atoms with E-state index in [9.17, 15) is 43.2 Å². The third-order valence-electron chi connectivity index (χ3n) is 4.48. The number of carbonyl (C=O) groups excluding carboxylic acids is 9. The molecule has 0 saturated heterocycles. The molecule has 0 N–H and O–H groups in total. The van der Waals surface area contributed by atoms with Gasteiger partial charge < -0.3 is 0 Å². The second kappa shape index (κ2) is 19.8. The molecule has 0 spiro atoms. The smallest absolute Gasteiger partial charge is 0.219 e. The molecule has 0 aliphatic carbocycles. The van der Waals surface area contributed by atoms with Gasteiger partial charge in [0.15, 0.2) is 52.0 Å². The monoisotopic (exact) mass is 534 g/mol. The Balaban J connectivity index is -0.000000524. The average molecular weight is 535 g/mol. The first-order valence-electron chi connectivity index (χ1n) is 10.7. The maximum absolute atomic E-state index is 11.7. The highest BCUT2D eigenvalue weighted by atomic mass is 16.2. The van der Waals surface area contributed by atoms with E-state index >= 15 is 0 Å². The summed E-state index contributed by atoms with van der Waals surface area (Å²) in [7, 11) is 0. The van der Waals surface area contributed by atoms with Crippen molar-refractivity contribution in [2.24, 2.45) is 11.3 Å². The Bertz CT molecular complexity index is 1010. The van der Waals surface area contributed by atoms with Gasteiger partial charge in [-0.1, -0.05) is 59.2 Å². The molecule has 0 aromatic rings. The van der Waals surface area contributed by atoms with Gasteiger partial charge in [0, 0.05) is 0 Å². The van der Waals surface area contributed by atoms with Crippen LogP contribution >= 0.6 is 0 Å². The summed E-state index contributed by atoms with van der Waals surface area (Å²) in [6.07, 6.45) is 7.92. The first-order chi connectivity index (χ1) is 18.2. The summed E-state index contributed by atoms with van der Waals surface area (Å²) in [5.74, 6) is -7.82. The van der Waals surface area contributed by atoms with Crippen molar-refractivity contribution in [3.8, 4) is 0 Å². The minimum Gasteiger partial charge on any atom is -0.294 e. The molecule has 0 atom stereocenters. The van der Waals surface area contributed by atoms with Crippen LogP contribution in [0.4, 0.5) is 0 Å². The normalized spacial score (nSPS) is 9.15. The number of allylic oxidation sites excluding steroid dienone is 9. The summed E-state index contributed by atoms with van der Waals surface area (Å²) in [6.45, 7) is 28.7. The predicted molar refractivity (Wildman–Crippen MR) is 147 cm³/mol. The predicted octanol–water partition coefficient (Wildman–Crippen LogP) is 2.75. The van der Waals surface area contributed by atoms with Crippen LogP contribution in [0, 0.1) is 11.3 Å². The second-order valence-corrected chi connectivity index (χ2v) is 6.79. The fourth-order valence-corrected chi connectivity index (χ4v) is 2.43. The van der Waals surface area contributed by atoms with Gasteiger partial charge in [-0.15, -0.1) is 0 Å². The lowest BCUT2D eigenvalue weighted by Gasteiger charge is -2.22. The zero-order chi connectivity index (χ0) is 31.3. The van der Waals surface area contributed by atoms with Crippen LogP contribution in [0.1, 0.15) is 6.42 Å². The van der Waals surface area contributed by atoms with Crippen LogP contribution < -0.4 is 0 Å². The van der Waals surface area contributed by atoms with Crippen LogP contribution in [-0.2, 0) is 43.2 Å². The van der Waals surface area contributed by atoms with Crippen molar-refractivity contribution in [2.75, 3.05) is 0 Å². The first kappa shape index (κ1) is 38.2. The number of hydrogen-bond acceptors (Lipinski definition) is 9. The Labute approximate surface area is 227 Å². The van der Waals surface area contributed by atoms with Crippen molar-refractivity contribution >= 4 is 52.0 Å². The zero-order valence-corrected chi connectivity index (χ0v) is 21.5. The number of rotatable bonds is 18. The van der Waals surface area contributed by atoms with Crippen molar-refractivity contribution < 1.29 is 43.2 Å². The summed E-state index contributed by atoms with van der Waals surface area (Å²) >= 11 is 0. The molecule has 0 aromatic carbocycles. The van der Waals surface area contributed by atoms with Gasteiger partial charge >= 0.3 is 0 Å². The molecule has 0 amide bonds. The standard InChI is InChI=1S/C13H12O4.C10H10O3.C7H8O2/c1-5-9(14)13(10(15)6-2,11(16)7-3)12(17)8-4;1-4-7(11)10(8(12)5-2)9(13)6-3;1-3-6(8)5-7(9)4-2/h5-8H,1-4H2;4-6,10H,1-3H2;3-4H,1-2,5H2. The number of hydrogen-bond donors (Lipinski definition) is 0. The molecule has 0 aliphatic rings. The molecule has 0 aromatic heterocycles. The van der Waals surface area contributed by atoms with E-state index in [2.05, 4.69) is 59.2 Å². The van der Waals surface area contributed by atoms with E-state index < -0.39 is 51.8 Å². The van der Waals surface area contributed by atoms with Gasteiger partial charge in [0.2, 0.25) is 5.41 Å². The second-order valence-electron chi connectivity index (χ2n) is 6.79. The molecule has 0 aliphatic heterocycles. The third kappa shape index (κ3) is 11.1. The van der Waals surface area contributed by atoms with Crippen molar-refractivity contribution in [1.29, 1.82) is 0 Å². The largest absolute Gasteiger partial charge is 0.294 e. The molecule has 0 bridgehead atoms. The van der Waals surface area contributed by atoms with E-state index in [0.717, 1.165) is 54.7 Å². The topological polar surface area (TPSA) is 154 Å². The maximum atomic E-state index is 11.7. The summed E-state index contributed by atoms with van der Waals surface area (Å²) in [4.78, 5) is 101. The van der Waals surface area contributed by atoms with Crippen molar-refractivity contribution in [3.63, 3.8) is 0 Å². The fraction of sp³-hybridized carbons (Fsp3) is 0.100. The van der Waals surface area contributed by atoms with E-state index in [4.69, 9.17) is 0 Å². The third-order valence-corrected chi connectivity index (χ3v) is 4.48. The van der Waals surface area contributed by atoms with Crippen LogP contribution in [0.5, 0.6) is 0 Å². The molecule has 0 saturated carbocycles. The highest BCUT2D eigenvalue weighted by Gasteiger charge is 2.53. The van der Waals surface area contributed by atoms with E-state index in [1.54, 1.807) is 0 Å². The lowest BCUT2D eigenvalue weighted by Crippen LogP contribution is -2.50. The molecule has 0 rings (SSSR count). The highest BCUT2D eigenvalue weighted by Crippen LogP contribution is 2.26. The molecule has 9 nitrogen and oxygen atoms in total. The fourth-order valence-electron chi connectivity index (χ4n) is 2.43. The molecular formula is C30H30O9. The first-order valence-corrected chi connectivity index (χ1v) is 10.7. The van der Waals surface area contributed by atoms with E-state index in [1.165, 1.54) is 0 Å². The SMILES string of the molecule is C=CC(=O)C(C(=O)C=C)(C(=O)C=C)C(=O)C=C.C=CC(=O)C(C(=O)C=C)C(=O)C=C.C=CC(=O)CC(=O)C=C. The van der Waals surface area contributed by atoms with E-state index in [-0.39, 0.29) is 18.0 Å². The van der Waals surface area contributed by atoms with Gasteiger partial charge in [0.25, 0.3) is 0 Å². The highest BCUT2D eigenvalue weighted by molar-refractivity contribution is 6.45. The quantitative estimate of drug-likeness (QED) is 0.191. The summed E-state index contributed by atoms with van der Waals surface area (Å²) in [5, 5.41) is 0. The Hall–Kier alpha value is -5.31. The van der Waals surface area contributed by atoms with Crippen LogP contribution in [0.3, 0.4) is 0 Å². The Kier molecular flexibility index (Phi) is 19.4. The molecule has 9 heteroatoms. The Morgan fingerprint density at radius 2 is 0.641 bits per heavy atom. The van der Waals surface area contributed by atoms with Gasteiger partial charge in [-0.3, -0.25) is 43.2 Å². The van der Waals surface area contributed by atoms with Crippen LogP contribution in [0.25, 0.3) is 0 Å². The minimum atomic E-state index is -2.49. The average Bonchev–Trinajstić information content (AvgIpc) is 2.96. The molecule has 0 unspecified atom stereocenters. The Morgan fingerprint density at radius 1 is 0.410 bits per heavy atom. The minimum absolute atomic E-state index is 0.104. The maximum Gasteiger partial charge on any atom is 0.219 e. The van der Waals surface area contributed by atoms with Gasteiger partial charge in [-0.05, 0) is 54.7 Å². The molecule has 0 radical (unpaired) electrons. The van der Waals surface area contributed by atoms with Crippen molar-refractivity contribution in [1.82, 2.24) is 0 Å². The Morgan fingerprint density at radius 3 is 0.795 bits per heavy atom. The van der Waals surface area contributed by atoms with Crippen LogP contribution in [0.2, 0.25) is 0 Å². The van der Waals surface area contributed by atoms with Gasteiger partial charge in [0.05, 0.1) is 6.42 Å². The zero-order valence-electron chi connectivity index (χ0n) is 21.5. The molecular weight excluding hydrogens is 504 g/mol. The van der Waals surface area contributed by atoms with E-state index in [0.29, 0.717) is 0 Å². The lowest BCUT2D eigenvalue weighted by molar-refractivity contribution is -0.148. The molecule has 204 valence electrons. The van der Waals surface area contributed by atoms with Crippen LogP contribution in [0.15, 0.2) is 114 Å². The summed E-state index contributed by atoms with van der Waals surface area (Å²) < 4.78 is 0. The van der Waals surface area contributed by atoms with Crippen LogP contribution in [-0.4, -0.2) is 52.0 Å². The summed E-state index contributed by atoms with van der Waals surface area (Å²) in [6, 6.07) is 0. The molecule has 0 fully saturated rings. The van der Waals surface area contributed by atoms with Gasteiger partial charge in [-0.25, -0.2) is 0 Å². The van der Waals surface area contributed by atoms with Gasteiger partial charge in [-0.2, -0.15) is 0 Å².